The van der Waals surface area contributed by atoms with Gasteiger partial charge in [-0.3, -0.25) is 0 Å². The fourth-order valence-electron chi connectivity index (χ4n) is 1.52. The first-order valence-corrected chi connectivity index (χ1v) is 4.87. The van der Waals surface area contributed by atoms with Crippen LogP contribution in [-0.4, -0.2) is 12.6 Å². The van der Waals surface area contributed by atoms with Crippen LogP contribution >= 0.6 is 0 Å². The molecule has 0 heterocycles. The molecule has 0 saturated carbocycles. The SMILES string of the molecule is COCc1ccccc1CC(C)(C)N. The van der Waals surface area contributed by atoms with Crippen molar-refractivity contribution in [1.29, 1.82) is 0 Å². The molecule has 1 aromatic rings. The molecule has 78 valence electrons. The van der Waals surface area contributed by atoms with E-state index in [0.717, 1.165) is 6.42 Å². The Morgan fingerprint density at radius 3 is 2.29 bits per heavy atom. The number of hydrogen-bond donors (Lipinski definition) is 1. The standard InChI is InChI=1S/C12H19NO/c1-12(2,13)8-10-6-4-5-7-11(10)9-14-3/h4-7H,8-9,13H2,1-3H3. The molecule has 0 aliphatic carbocycles. The number of hydrogen-bond acceptors (Lipinski definition) is 2. The summed E-state index contributed by atoms with van der Waals surface area (Å²) in [5.74, 6) is 0. The summed E-state index contributed by atoms with van der Waals surface area (Å²) in [5, 5.41) is 0. The molecule has 1 aromatic carbocycles. The molecule has 0 atom stereocenters. The van der Waals surface area contributed by atoms with Crippen LogP contribution in [0, 0.1) is 0 Å². The Morgan fingerprint density at radius 1 is 1.21 bits per heavy atom. The van der Waals surface area contributed by atoms with Crippen molar-refractivity contribution >= 4 is 0 Å². The van der Waals surface area contributed by atoms with Gasteiger partial charge in [-0.2, -0.15) is 0 Å². The number of rotatable bonds is 4. The summed E-state index contributed by atoms with van der Waals surface area (Å²) >= 11 is 0. The van der Waals surface area contributed by atoms with Gasteiger partial charge in [0.2, 0.25) is 0 Å². The van der Waals surface area contributed by atoms with E-state index in [1.54, 1.807) is 7.11 Å². The van der Waals surface area contributed by atoms with Crippen molar-refractivity contribution in [3.8, 4) is 0 Å². The smallest absolute Gasteiger partial charge is 0.0715 e. The van der Waals surface area contributed by atoms with Crippen LogP contribution in [0.25, 0.3) is 0 Å². The Kier molecular flexibility index (Phi) is 3.67. The summed E-state index contributed by atoms with van der Waals surface area (Å²) in [5.41, 5.74) is 8.34. The Balaban J connectivity index is 2.84. The highest BCUT2D eigenvalue weighted by atomic mass is 16.5. The number of nitrogens with two attached hydrogens (primary N) is 1. The second-order valence-electron chi connectivity index (χ2n) is 4.37. The van der Waals surface area contributed by atoms with Gasteiger partial charge in [0.1, 0.15) is 0 Å². The monoisotopic (exact) mass is 193 g/mol. The van der Waals surface area contributed by atoms with E-state index in [2.05, 4.69) is 12.1 Å². The van der Waals surface area contributed by atoms with Crippen molar-refractivity contribution in [2.75, 3.05) is 7.11 Å². The fraction of sp³-hybridized carbons (Fsp3) is 0.500. The van der Waals surface area contributed by atoms with Crippen LogP contribution in [0.1, 0.15) is 25.0 Å². The van der Waals surface area contributed by atoms with Crippen molar-refractivity contribution in [2.45, 2.75) is 32.4 Å². The first-order valence-electron chi connectivity index (χ1n) is 4.87. The fourth-order valence-corrected chi connectivity index (χ4v) is 1.52. The first kappa shape index (κ1) is 11.2. The maximum absolute atomic E-state index is 5.99. The maximum Gasteiger partial charge on any atom is 0.0715 e. The molecule has 0 aliphatic heterocycles. The van der Waals surface area contributed by atoms with Gasteiger partial charge >= 0.3 is 0 Å². The van der Waals surface area contributed by atoms with Crippen molar-refractivity contribution in [3.63, 3.8) is 0 Å². The third-order valence-corrected chi connectivity index (χ3v) is 2.06. The number of benzene rings is 1. The quantitative estimate of drug-likeness (QED) is 0.795. The molecular weight excluding hydrogens is 174 g/mol. The van der Waals surface area contributed by atoms with Crippen LogP contribution in [0.15, 0.2) is 24.3 Å². The third kappa shape index (κ3) is 3.48. The van der Waals surface area contributed by atoms with E-state index < -0.39 is 0 Å². The minimum absolute atomic E-state index is 0.163. The van der Waals surface area contributed by atoms with E-state index in [-0.39, 0.29) is 5.54 Å². The van der Waals surface area contributed by atoms with E-state index >= 15 is 0 Å². The molecule has 2 N–H and O–H groups in total. The molecular formula is C12H19NO. The zero-order valence-electron chi connectivity index (χ0n) is 9.21. The summed E-state index contributed by atoms with van der Waals surface area (Å²) in [7, 11) is 1.71. The van der Waals surface area contributed by atoms with Crippen molar-refractivity contribution < 1.29 is 4.74 Å². The number of methoxy groups -OCH3 is 1. The Labute approximate surface area is 86.1 Å². The zero-order chi connectivity index (χ0) is 10.6. The maximum atomic E-state index is 5.99. The van der Waals surface area contributed by atoms with Crippen molar-refractivity contribution in [2.24, 2.45) is 5.73 Å². The van der Waals surface area contributed by atoms with Gasteiger partial charge in [0.05, 0.1) is 6.61 Å². The third-order valence-electron chi connectivity index (χ3n) is 2.06. The second kappa shape index (κ2) is 4.58. The van der Waals surface area contributed by atoms with Crippen LogP contribution in [0.2, 0.25) is 0 Å². The molecule has 0 unspecified atom stereocenters. The molecule has 2 heteroatoms. The van der Waals surface area contributed by atoms with Gasteiger partial charge in [-0.25, -0.2) is 0 Å². The van der Waals surface area contributed by atoms with Crippen LogP contribution in [-0.2, 0) is 17.8 Å². The minimum Gasteiger partial charge on any atom is -0.380 e. The summed E-state index contributed by atoms with van der Waals surface area (Å²) in [6.07, 6.45) is 0.881. The van der Waals surface area contributed by atoms with Crippen LogP contribution in [0.4, 0.5) is 0 Å². The molecule has 14 heavy (non-hydrogen) atoms. The second-order valence-corrected chi connectivity index (χ2v) is 4.37. The molecule has 0 saturated heterocycles. The Hall–Kier alpha value is -0.860. The van der Waals surface area contributed by atoms with Crippen LogP contribution in [0.5, 0.6) is 0 Å². The highest BCUT2D eigenvalue weighted by Gasteiger charge is 2.13. The van der Waals surface area contributed by atoms with E-state index in [1.165, 1.54) is 11.1 Å². The first-order chi connectivity index (χ1) is 6.53. The van der Waals surface area contributed by atoms with Crippen LogP contribution in [0.3, 0.4) is 0 Å². The Morgan fingerprint density at radius 2 is 1.79 bits per heavy atom. The average molecular weight is 193 g/mol. The van der Waals surface area contributed by atoms with Gasteiger partial charge in [0.15, 0.2) is 0 Å². The van der Waals surface area contributed by atoms with Crippen molar-refractivity contribution in [1.82, 2.24) is 0 Å². The molecule has 1 rings (SSSR count). The Bertz CT molecular complexity index is 289. The molecule has 2 nitrogen and oxygen atoms in total. The van der Waals surface area contributed by atoms with Gasteiger partial charge in [-0.1, -0.05) is 24.3 Å². The van der Waals surface area contributed by atoms with Gasteiger partial charge in [-0.15, -0.1) is 0 Å². The molecule has 0 amide bonds. The van der Waals surface area contributed by atoms with E-state index in [1.807, 2.05) is 26.0 Å². The lowest BCUT2D eigenvalue weighted by Gasteiger charge is -2.20. The number of ether oxygens (including phenoxy) is 1. The summed E-state index contributed by atoms with van der Waals surface area (Å²) in [6, 6.07) is 8.27. The molecule has 0 bridgehead atoms. The zero-order valence-corrected chi connectivity index (χ0v) is 9.21. The van der Waals surface area contributed by atoms with E-state index in [4.69, 9.17) is 10.5 Å². The molecule has 0 fully saturated rings. The molecule has 0 aromatic heterocycles. The highest BCUT2D eigenvalue weighted by molar-refractivity contribution is 5.28. The molecule has 0 radical (unpaired) electrons. The summed E-state index contributed by atoms with van der Waals surface area (Å²) in [6.45, 7) is 4.74. The molecule has 0 spiro atoms. The lowest BCUT2D eigenvalue weighted by molar-refractivity contribution is 0.184. The predicted molar refractivity (Wildman–Crippen MR) is 59.1 cm³/mol. The molecule has 0 aliphatic rings. The normalized spacial score (nSPS) is 11.7. The lowest BCUT2D eigenvalue weighted by atomic mass is 9.93. The van der Waals surface area contributed by atoms with Crippen molar-refractivity contribution in [3.05, 3.63) is 35.4 Å². The van der Waals surface area contributed by atoms with E-state index in [0.29, 0.717) is 6.61 Å². The van der Waals surface area contributed by atoms with E-state index in [9.17, 15) is 0 Å². The topological polar surface area (TPSA) is 35.2 Å². The largest absolute Gasteiger partial charge is 0.380 e. The van der Waals surface area contributed by atoms with Gasteiger partial charge in [0.25, 0.3) is 0 Å². The predicted octanol–water partition coefficient (Wildman–Crippen LogP) is 2.11. The minimum atomic E-state index is -0.163. The summed E-state index contributed by atoms with van der Waals surface area (Å²) < 4.78 is 5.14. The summed E-state index contributed by atoms with van der Waals surface area (Å²) in [4.78, 5) is 0. The lowest BCUT2D eigenvalue weighted by Crippen LogP contribution is -2.34. The van der Waals surface area contributed by atoms with Gasteiger partial charge < -0.3 is 10.5 Å². The average Bonchev–Trinajstić information content (AvgIpc) is 2.06. The van der Waals surface area contributed by atoms with Crippen LogP contribution < -0.4 is 5.73 Å². The van der Waals surface area contributed by atoms with Gasteiger partial charge in [0, 0.05) is 12.6 Å². The van der Waals surface area contributed by atoms with Gasteiger partial charge in [-0.05, 0) is 31.4 Å². The highest BCUT2D eigenvalue weighted by Crippen LogP contribution is 2.15.